The first-order chi connectivity index (χ1) is 5.59. The highest BCUT2D eigenvalue weighted by atomic mass is 32.2. The Labute approximate surface area is 76.5 Å². The van der Waals surface area contributed by atoms with Crippen molar-refractivity contribution >= 4 is 23.5 Å². The molecule has 0 aromatic heterocycles. The number of hydrogen-bond acceptors (Lipinski definition) is 3. The molecule has 0 aliphatic rings. The van der Waals surface area contributed by atoms with Crippen LogP contribution in [0, 0.1) is 5.92 Å². The Morgan fingerprint density at radius 1 is 1.50 bits per heavy atom. The van der Waals surface area contributed by atoms with Gasteiger partial charge in [0, 0.05) is 0 Å². The summed E-state index contributed by atoms with van der Waals surface area (Å²) in [6.45, 7) is 3.34. The van der Waals surface area contributed by atoms with E-state index in [1.54, 1.807) is 11.8 Å². The Kier molecular flexibility index (Phi) is 5.80. The van der Waals surface area contributed by atoms with Crippen molar-refractivity contribution in [2.75, 3.05) is 11.5 Å². The Morgan fingerprint density at radius 2 is 2.08 bits per heavy atom. The summed E-state index contributed by atoms with van der Waals surface area (Å²) < 4.78 is 0. The zero-order valence-electron chi connectivity index (χ0n) is 7.37. The highest BCUT2D eigenvalue weighted by Gasteiger charge is 2.21. The lowest BCUT2D eigenvalue weighted by molar-refractivity contribution is -0.145. The number of aliphatic carboxylic acids is 1. The predicted molar refractivity (Wildman–Crippen MR) is 49.4 cm³/mol. The van der Waals surface area contributed by atoms with Gasteiger partial charge >= 0.3 is 5.97 Å². The van der Waals surface area contributed by atoms with E-state index in [2.05, 4.69) is 0 Å². The van der Waals surface area contributed by atoms with Crippen molar-refractivity contribution < 1.29 is 14.7 Å². The molecule has 0 saturated carbocycles. The number of ketones is 1. The smallest absolute Gasteiger partial charge is 0.314 e. The molecule has 12 heavy (non-hydrogen) atoms. The van der Waals surface area contributed by atoms with Crippen molar-refractivity contribution in [1.29, 1.82) is 0 Å². The Balaban J connectivity index is 3.80. The molecule has 0 spiro atoms. The van der Waals surface area contributed by atoms with Crippen LogP contribution in [0.25, 0.3) is 0 Å². The molecule has 0 fully saturated rings. The highest BCUT2D eigenvalue weighted by molar-refractivity contribution is 7.99. The number of carbonyl (C=O) groups is 2. The van der Waals surface area contributed by atoms with Gasteiger partial charge in [0.25, 0.3) is 0 Å². The van der Waals surface area contributed by atoms with Crippen LogP contribution in [0.4, 0.5) is 0 Å². The van der Waals surface area contributed by atoms with E-state index in [-0.39, 0.29) is 5.78 Å². The monoisotopic (exact) mass is 190 g/mol. The fourth-order valence-electron chi connectivity index (χ4n) is 0.846. The van der Waals surface area contributed by atoms with E-state index in [4.69, 9.17) is 5.11 Å². The summed E-state index contributed by atoms with van der Waals surface area (Å²) in [7, 11) is 0. The van der Waals surface area contributed by atoms with Gasteiger partial charge in [0.05, 0.1) is 0 Å². The Bertz CT molecular complexity index is 154. The van der Waals surface area contributed by atoms with Crippen molar-refractivity contribution in [3.63, 3.8) is 0 Å². The van der Waals surface area contributed by atoms with E-state index in [1.165, 1.54) is 6.92 Å². The molecule has 0 radical (unpaired) electrons. The van der Waals surface area contributed by atoms with Gasteiger partial charge in [-0.2, -0.15) is 11.8 Å². The van der Waals surface area contributed by atoms with Crippen LogP contribution in [0.2, 0.25) is 0 Å². The first-order valence-corrected chi connectivity index (χ1v) is 5.06. The van der Waals surface area contributed by atoms with Gasteiger partial charge in [0.1, 0.15) is 11.7 Å². The fourth-order valence-corrected chi connectivity index (χ4v) is 1.54. The lowest BCUT2D eigenvalue weighted by atomic mass is 10.0. The summed E-state index contributed by atoms with van der Waals surface area (Å²) in [5, 5.41) is 8.61. The van der Waals surface area contributed by atoms with Crippen LogP contribution in [0.3, 0.4) is 0 Å². The van der Waals surface area contributed by atoms with E-state index in [9.17, 15) is 9.59 Å². The molecular formula is C8H14O3S. The molecule has 4 heteroatoms. The zero-order chi connectivity index (χ0) is 9.56. The molecule has 3 nitrogen and oxygen atoms in total. The number of carboxylic acid groups (broad SMARTS) is 1. The molecule has 1 atom stereocenters. The van der Waals surface area contributed by atoms with E-state index in [0.29, 0.717) is 6.42 Å². The molecule has 0 bridgehead atoms. The maximum atomic E-state index is 10.8. The third kappa shape index (κ3) is 4.38. The second kappa shape index (κ2) is 6.06. The zero-order valence-corrected chi connectivity index (χ0v) is 8.19. The highest BCUT2D eigenvalue weighted by Crippen LogP contribution is 2.10. The third-order valence-corrected chi connectivity index (χ3v) is 2.48. The molecule has 0 heterocycles. The first-order valence-electron chi connectivity index (χ1n) is 3.90. The summed E-state index contributed by atoms with van der Waals surface area (Å²) in [5.41, 5.74) is 0. The van der Waals surface area contributed by atoms with Gasteiger partial charge in [-0.25, -0.2) is 0 Å². The molecule has 0 amide bonds. The van der Waals surface area contributed by atoms with Crippen LogP contribution in [-0.4, -0.2) is 28.4 Å². The van der Waals surface area contributed by atoms with Gasteiger partial charge in [-0.15, -0.1) is 0 Å². The largest absolute Gasteiger partial charge is 0.481 e. The Morgan fingerprint density at radius 3 is 2.42 bits per heavy atom. The number of carboxylic acids is 1. The minimum absolute atomic E-state index is 0.251. The van der Waals surface area contributed by atoms with Crippen LogP contribution < -0.4 is 0 Å². The summed E-state index contributed by atoms with van der Waals surface area (Å²) >= 11 is 1.66. The SMILES string of the molecule is CCSCCC(C(C)=O)C(=O)O. The van der Waals surface area contributed by atoms with Crippen LogP contribution in [0.15, 0.2) is 0 Å². The number of Topliss-reactive ketones (excluding diaryl/α,β-unsaturated/α-hetero) is 1. The molecular weight excluding hydrogens is 176 g/mol. The number of rotatable bonds is 6. The van der Waals surface area contributed by atoms with Gasteiger partial charge in [0.15, 0.2) is 0 Å². The van der Waals surface area contributed by atoms with Crippen LogP contribution in [0.5, 0.6) is 0 Å². The fraction of sp³-hybridized carbons (Fsp3) is 0.750. The van der Waals surface area contributed by atoms with Gasteiger partial charge in [-0.05, 0) is 24.9 Å². The molecule has 0 aromatic rings. The second-order valence-corrected chi connectivity index (χ2v) is 3.88. The summed E-state index contributed by atoms with van der Waals surface area (Å²) in [6.07, 6.45) is 0.448. The number of hydrogen-bond donors (Lipinski definition) is 1. The van der Waals surface area contributed by atoms with Gasteiger partial charge in [-0.1, -0.05) is 6.92 Å². The van der Waals surface area contributed by atoms with Crippen LogP contribution in [0.1, 0.15) is 20.3 Å². The van der Waals surface area contributed by atoms with Crippen molar-refractivity contribution in [2.24, 2.45) is 5.92 Å². The van der Waals surface area contributed by atoms with Crippen LogP contribution >= 0.6 is 11.8 Å². The van der Waals surface area contributed by atoms with Crippen molar-refractivity contribution in [3.05, 3.63) is 0 Å². The van der Waals surface area contributed by atoms with Gasteiger partial charge < -0.3 is 5.11 Å². The molecule has 70 valence electrons. The van der Waals surface area contributed by atoms with E-state index in [1.807, 2.05) is 6.92 Å². The molecule has 0 saturated heterocycles. The maximum absolute atomic E-state index is 10.8. The molecule has 0 aliphatic heterocycles. The quantitative estimate of drug-likeness (QED) is 0.508. The predicted octanol–water partition coefficient (Wildman–Crippen LogP) is 1.42. The van der Waals surface area contributed by atoms with E-state index in [0.717, 1.165) is 11.5 Å². The summed E-state index contributed by atoms with van der Waals surface area (Å²) in [6, 6.07) is 0. The Hall–Kier alpha value is -0.510. The second-order valence-electron chi connectivity index (χ2n) is 2.49. The lowest BCUT2D eigenvalue weighted by Crippen LogP contribution is -2.22. The molecule has 1 unspecified atom stereocenters. The number of carbonyl (C=O) groups excluding carboxylic acids is 1. The van der Waals surface area contributed by atoms with Crippen LogP contribution in [-0.2, 0) is 9.59 Å². The van der Waals surface area contributed by atoms with Crippen molar-refractivity contribution in [3.8, 4) is 0 Å². The molecule has 0 aromatic carbocycles. The lowest BCUT2D eigenvalue weighted by Gasteiger charge is -2.06. The van der Waals surface area contributed by atoms with Crippen molar-refractivity contribution in [1.82, 2.24) is 0 Å². The summed E-state index contributed by atoms with van der Waals surface area (Å²) in [5.74, 6) is -0.348. The average molecular weight is 190 g/mol. The maximum Gasteiger partial charge on any atom is 0.314 e. The van der Waals surface area contributed by atoms with Gasteiger partial charge in [0.2, 0.25) is 0 Å². The topological polar surface area (TPSA) is 54.4 Å². The minimum Gasteiger partial charge on any atom is -0.481 e. The van der Waals surface area contributed by atoms with Crippen molar-refractivity contribution in [2.45, 2.75) is 20.3 Å². The molecule has 0 rings (SSSR count). The number of thioether (sulfide) groups is 1. The normalized spacial score (nSPS) is 12.5. The minimum atomic E-state index is -1.00. The molecule has 0 aliphatic carbocycles. The summed E-state index contributed by atoms with van der Waals surface area (Å²) in [4.78, 5) is 21.3. The van der Waals surface area contributed by atoms with E-state index < -0.39 is 11.9 Å². The standard InChI is InChI=1S/C8H14O3S/c1-3-12-5-4-7(6(2)9)8(10)11/h7H,3-5H2,1-2H3,(H,10,11). The molecule has 1 N–H and O–H groups in total. The third-order valence-electron chi connectivity index (χ3n) is 1.54. The average Bonchev–Trinajstić information content (AvgIpc) is 1.96. The van der Waals surface area contributed by atoms with E-state index >= 15 is 0 Å². The first kappa shape index (κ1) is 11.5. The van der Waals surface area contributed by atoms with Gasteiger partial charge in [-0.3, -0.25) is 9.59 Å².